The van der Waals surface area contributed by atoms with Crippen molar-refractivity contribution < 1.29 is 23.9 Å². The molecule has 2 aromatic rings. The van der Waals surface area contributed by atoms with Gasteiger partial charge in [0.05, 0.1) is 17.3 Å². The highest BCUT2D eigenvalue weighted by Crippen LogP contribution is 2.22. The average molecular weight is 395 g/mol. The van der Waals surface area contributed by atoms with Crippen LogP contribution in [0.25, 0.3) is 0 Å². The molecule has 0 aliphatic heterocycles. The van der Waals surface area contributed by atoms with Gasteiger partial charge in [0.25, 0.3) is 11.8 Å². The first-order valence-electron chi connectivity index (χ1n) is 7.54. The number of nitrogens with one attached hydrogen (secondary N) is 3. The number of esters is 1. The van der Waals surface area contributed by atoms with Crippen LogP contribution in [-0.4, -0.2) is 30.3 Å². The Labute approximate surface area is 157 Å². The summed E-state index contributed by atoms with van der Waals surface area (Å²) < 4.78 is 4.89. The number of hydrogen-bond acceptors (Lipinski definition) is 7. The first-order chi connectivity index (χ1) is 12.5. The third-order valence-corrected chi connectivity index (χ3v) is 4.91. The molecule has 0 saturated heterocycles. The predicted octanol–water partition coefficient (Wildman–Crippen LogP) is 1.38. The molecule has 10 heteroatoms. The number of hydrogen-bond donors (Lipinski definition) is 3. The number of ether oxygens (including phenoxy) is 1. The zero-order chi connectivity index (χ0) is 18.9. The maximum Gasteiger partial charge on any atom is 0.308 e. The van der Waals surface area contributed by atoms with E-state index >= 15 is 0 Å². The number of hydrazine groups is 1. The normalized spacial score (nSPS) is 11.3. The van der Waals surface area contributed by atoms with Gasteiger partial charge in [-0.25, -0.2) is 0 Å². The molecule has 3 amide bonds. The highest BCUT2D eigenvalue weighted by molar-refractivity contribution is 7.12. The van der Waals surface area contributed by atoms with Crippen LogP contribution in [0.3, 0.4) is 0 Å². The summed E-state index contributed by atoms with van der Waals surface area (Å²) in [5.74, 6) is -2.04. The van der Waals surface area contributed by atoms with Crippen LogP contribution in [0.1, 0.15) is 33.9 Å². The molecule has 1 atom stereocenters. The van der Waals surface area contributed by atoms with E-state index in [0.717, 1.165) is 4.88 Å². The Hall–Kier alpha value is -2.72. The second-order valence-electron chi connectivity index (χ2n) is 5.11. The van der Waals surface area contributed by atoms with Crippen molar-refractivity contribution >= 4 is 46.4 Å². The molecule has 0 aliphatic rings. The molecular weight excluding hydrogens is 378 g/mol. The minimum Gasteiger partial charge on any atom is -0.455 e. The highest BCUT2D eigenvalue weighted by atomic mass is 32.1. The smallest absolute Gasteiger partial charge is 0.308 e. The zero-order valence-electron chi connectivity index (χ0n) is 13.8. The second-order valence-corrected chi connectivity index (χ2v) is 7.04. The van der Waals surface area contributed by atoms with Gasteiger partial charge in [0.2, 0.25) is 5.91 Å². The van der Waals surface area contributed by atoms with Gasteiger partial charge in [-0.1, -0.05) is 12.1 Å². The minimum absolute atomic E-state index is 0.102. The summed E-state index contributed by atoms with van der Waals surface area (Å²) >= 11 is 2.63. The third-order valence-electron chi connectivity index (χ3n) is 3.06. The Morgan fingerprint density at radius 3 is 2.42 bits per heavy atom. The molecule has 0 bridgehead atoms. The predicted molar refractivity (Wildman–Crippen MR) is 96.4 cm³/mol. The molecule has 8 nitrogen and oxygen atoms in total. The van der Waals surface area contributed by atoms with Gasteiger partial charge >= 0.3 is 5.97 Å². The minimum atomic E-state index is -0.671. The quantitative estimate of drug-likeness (QED) is 0.484. The van der Waals surface area contributed by atoms with Crippen LogP contribution < -0.4 is 16.2 Å². The first-order valence-corrected chi connectivity index (χ1v) is 9.30. The van der Waals surface area contributed by atoms with Crippen LogP contribution in [0.15, 0.2) is 35.0 Å². The van der Waals surface area contributed by atoms with Crippen LogP contribution in [0.2, 0.25) is 0 Å². The van der Waals surface area contributed by atoms with E-state index in [0.29, 0.717) is 4.88 Å². The van der Waals surface area contributed by atoms with Gasteiger partial charge < -0.3 is 10.1 Å². The van der Waals surface area contributed by atoms with E-state index in [9.17, 15) is 19.2 Å². The second kappa shape index (κ2) is 9.68. The largest absolute Gasteiger partial charge is 0.455 e. The summed E-state index contributed by atoms with van der Waals surface area (Å²) in [4.78, 5) is 47.8. The lowest BCUT2D eigenvalue weighted by atomic mass is 10.1. The van der Waals surface area contributed by atoms with Crippen LogP contribution >= 0.6 is 22.7 Å². The van der Waals surface area contributed by atoms with E-state index in [1.807, 2.05) is 11.4 Å². The molecule has 1 unspecified atom stereocenters. The molecule has 0 aliphatic carbocycles. The SMILES string of the molecule is CC(=O)NC(CC(=O)OCC(=O)NNC(=O)c1cccs1)c1cccs1. The van der Waals surface area contributed by atoms with E-state index in [-0.39, 0.29) is 12.3 Å². The molecule has 0 fully saturated rings. The van der Waals surface area contributed by atoms with E-state index in [1.54, 1.807) is 23.6 Å². The van der Waals surface area contributed by atoms with Gasteiger partial charge in [0.15, 0.2) is 6.61 Å². The Balaban J connectivity index is 1.75. The maximum absolute atomic E-state index is 11.9. The summed E-state index contributed by atoms with van der Waals surface area (Å²) in [7, 11) is 0. The van der Waals surface area contributed by atoms with E-state index in [4.69, 9.17) is 4.74 Å². The lowest BCUT2D eigenvalue weighted by Gasteiger charge is -2.15. The van der Waals surface area contributed by atoms with E-state index < -0.39 is 30.4 Å². The summed E-state index contributed by atoms with van der Waals surface area (Å²) in [6.07, 6.45) is -0.102. The van der Waals surface area contributed by atoms with Gasteiger partial charge in [-0.15, -0.1) is 22.7 Å². The van der Waals surface area contributed by atoms with Crippen molar-refractivity contribution in [2.45, 2.75) is 19.4 Å². The van der Waals surface area contributed by atoms with Crippen molar-refractivity contribution in [3.8, 4) is 0 Å². The topological polar surface area (TPSA) is 114 Å². The van der Waals surface area contributed by atoms with Crippen molar-refractivity contribution in [2.24, 2.45) is 0 Å². The number of carbonyl (C=O) groups is 4. The Morgan fingerprint density at radius 1 is 1.08 bits per heavy atom. The van der Waals surface area contributed by atoms with E-state index in [1.165, 1.54) is 29.6 Å². The van der Waals surface area contributed by atoms with Crippen LogP contribution in [0.5, 0.6) is 0 Å². The van der Waals surface area contributed by atoms with Crippen molar-refractivity contribution in [1.82, 2.24) is 16.2 Å². The Bertz CT molecular complexity index is 759. The first kappa shape index (κ1) is 19.6. The molecule has 26 heavy (non-hydrogen) atoms. The number of amides is 3. The molecular formula is C16H17N3O5S2. The standard InChI is InChI=1S/C16H17N3O5S2/c1-10(20)17-11(12-4-2-6-25-12)8-15(22)24-9-14(21)18-19-16(23)13-5-3-7-26-13/h2-7,11H,8-9H2,1H3,(H,17,20)(H,18,21)(H,19,23). The third kappa shape index (κ3) is 6.30. The van der Waals surface area contributed by atoms with Crippen LogP contribution in [0, 0.1) is 0 Å². The highest BCUT2D eigenvalue weighted by Gasteiger charge is 2.19. The van der Waals surface area contributed by atoms with Gasteiger partial charge in [-0.3, -0.25) is 30.0 Å². The van der Waals surface area contributed by atoms with Crippen LogP contribution in [-0.2, 0) is 19.1 Å². The van der Waals surface area contributed by atoms with Crippen LogP contribution in [0.4, 0.5) is 0 Å². The summed E-state index contributed by atoms with van der Waals surface area (Å²) in [5, 5.41) is 6.24. The molecule has 138 valence electrons. The molecule has 0 aromatic carbocycles. The number of thiophene rings is 2. The fourth-order valence-corrected chi connectivity index (χ4v) is 3.36. The molecule has 2 heterocycles. The zero-order valence-corrected chi connectivity index (χ0v) is 15.4. The molecule has 0 saturated carbocycles. The fraction of sp³-hybridized carbons (Fsp3) is 0.250. The summed E-state index contributed by atoms with van der Waals surface area (Å²) in [5.41, 5.74) is 4.39. The van der Waals surface area contributed by atoms with E-state index in [2.05, 4.69) is 16.2 Å². The van der Waals surface area contributed by atoms with Gasteiger partial charge in [-0.2, -0.15) is 0 Å². The number of rotatable bonds is 7. The summed E-state index contributed by atoms with van der Waals surface area (Å²) in [6.45, 7) is 0.816. The fourth-order valence-electron chi connectivity index (χ4n) is 1.96. The van der Waals surface area contributed by atoms with Crippen molar-refractivity contribution in [2.75, 3.05) is 6.61 Å². The molecule has 0 radical (unpaired) electrons. The molecule has 0 spiro atoms. The van der Waals surface area contributed by atoms with Crippen molar-refractivity contribution in [1.29, 1.82) is 0 Å². The van der Waals surface area contributed by atoms with Gasteiger partial charge in [-0.05, 0) is 22.9 Å². The number of carbonyl (C=O) groups excluding carboxylic acids is 4. The molecule has 2 rings (SSSR count). The lowest BCUT2D eigenvalue weighted by molar-refractivity contribution is -0.149. The monoisotopic (exact) mass is 395 g/mol. The molecule has 3 N–H and O–H groups in total. The lowest BCUT2D eigenvalue weighted by Crippen LogP contribution is -2.43. The van der Waals surface area contributed by atoms with Gasteiger partial charge in [0.1, 0.15) is 0 Å². The Morgan fingerprint density at radius 2 is 1.81 bits per heavy atom. The summed E-state index contributed by atoms with van der Waals surface area (Å²) in [6, 6.07) is 6.41. The van der Waals surface area contributed by atoms with Crippen molar-refractivity contribution in [3.63, 3.8) is 0 Å². The maximum atomic E-state index is 11.9. The Kier molecular flexibility index (Phi) is 7.30. The molecule has 2 aromatic heterocycles. The van der Waals surface area contributed by atoms with Crippen molar-refractivity contribution in [3.05, 3.63) is 44.8 Å². The average Bonchev–Trinajstić information content (AvgIpc) is 3.30. The van der Waals surface area contributed by atoms with Gasteiger partial charge in [0, 0.05) is 11.8 Å².